The summed E-state index contributed by atoms with van der Waals surface area (Å²) in [5, 5.41) is 33.2. The molecule has 0 saturated heterocycles. The number of hydrogen-bond acceptors (Lipinski definition) is 4. The Morgan fingerprint density at radius 2 is 1.04 bits per heavy atom. The third kappa shape index (κ3) is 15.5. The highest BCUT2D eigenvalue weighted by Crippen LogP contribution is 2.03. The number of hydrogen-bond donors (Lipinski definition) is 4. The average Bonchev–Trinajstić information content (AvgIpc) is 2.52. The Hall–Kier alpha value is -3.16. The third-order valence-corrected chi connectivity index (χ3v) is 2.41. The molecule has 1 rings (SSSR count). The van der Waals surface area contributed by atoms with E-state index in [9.17, 15) is 19.2 Å². The summed E-state index contributed by atoms with van der Waals surface area (Å²) in [6.07, 6.45) is 2.77. The Morgan fingerprint density at radius 3 is 1.20 bits per heavy atom. The summed E-state index contributed by atoms with van der Waals surface area (Å²) in [7, 11) is 0. The Balaban J connectivity index is 0. The summed E-state index contributed by atoms with van der Waals surface area (Å²) in [5.74, 6) is -3.87. The summed E-state index contributed by atoms with van der Waals surface area (Å²) in [6.45, 7) is 5.25. The van der Waals surface area contributed by atoms with Gasteiger partial charge >= 0.3 is 23.9 Å². The van der Waals surface area contributed by atoms with Crippen molar-refractivity contribution in [3.05, 3.63) is 48.0 Å². The molecular weight excluding hydrogens is 332 g/mol. The molecule has 1 aromatic carbocycles. The van der Waals surface area contributed by atoms with Crippen LogP contribution >= 0.6 is 0 Å². The Bertz CT molecular complexity index is 526. The molecule has 0 amide bonds. The highest BCUT2D eigenvalue weighted by Gasteiger charge is 2.04. The van der Waals surface area contributed by atoms with Gasteiger partial charge in [-0.05, 0) is 44.0 Å². The number of carboxylic acids is 4. The SMILES string of the molecule is C=CC.O=C(O)CCCCC(=O)O.O=C(O)c1ccc(C(=O)O)cc1. The molecule has 1 aromatic rings. The fourth-order valence-electron chi connectivity index (χ4n) is 1.31. The maximum Gasteiger partial charge on any atom is 0.335 e. The summed E-state index contributed by atoms with van der Waals surface area (Å²) in [5.41, 5.74) is 0.167. The Labute approximate surface area is 145 Å². The number of aliphatic carboxylic acids is 2. The first-order valence-corrected chi connectivity index (χ1v) is 7.22. The average molecular weight is 354 g/mol. The lowest BCUT2D eigenvalue weighted by atomic mass is 10.1. The largest absolute Gasteiger partial charge is 0.481 e. The molecule has 0 aromatic heterocycles. The lowest BCUT2D eigenvalue weighted by Gasteiger charge is -1.94. The Morgan fingerprint density at radius 1 is 0.800 bits per heavy atom. The summed E-state index contributed by atoms with van der Waals surface area (Å²) in [4.78, 5) is 40.5. The molecule has 0 heterocycles. The third-order valence-electron chi connectivity index (χ3n) is 2.41. The molecule has 0 saturated carbocycles. The minimum Gasteiger partial charge on any atom is -0.481 e. The molecule has 8 nitrogen and oxygen atoms in total. The summed E-state index contributed by atoms with van der Waals surface area (Å²) >= 11 is 0. The second kappa shape index (κ2) is 14.4. The standard InChI is InChI=1S/C8H6O4.C6H10O4.C3H6/c9-7(10)5-1-2-6(4-3-5)8(11)12;7-5(8)3-1-2-4-6(9)10;1-3-2/h1-4H,(H,9,10)(H,11,12);1-4H2,(H,7,8)(H,9,10);3H,1H2,2H3. The monoisotopic (exact) mass is 354 g/mol. The van der Waals surface area contributed by atoms with Crippen LogP contribution < -0.4 is 0 Å². The van der Waals surface area contributed by atoms with Gasteiger partial charge in [0.2, 0.25) is 0 Å². The second-order valence-electron chi connectivity index (χ2n) is 4.59. The van der Waals surface area contributed by atoms with Gasteiger partial charge in [0.15, 0.2) is 0 Å². The van der Waals surface area contributed by atoms with Crippen LogP contribution in [0.2, 0.25) is 0 Å². The van der Waals surface area contributed by atoms with E-state index in [-0.39, 0.29) is 24.0 Å². The van der Waals surface area contributed by atoms with E-state index in [1.54, 1.807) is 6.08 Å². The minimum absolute atomic E-state index is 0.0628. The van der Waals surface area contributed by atoms with Gasteiger partial charge in [-0.25, -0.2) is 9.59 Å². The van der Waals surface area contributed by atoms with Gasteiger partial charge in [0.25, 0.3) is 0 Å². The number of allylic oxidation sites excluding steroid dienone is 1. The fraction of sp³-hybridized carbons (Fsp3) is 0.294. The molecule has 0 bridgehead atoms. The maximum absolute atomic E-state index is 10.3. The molecule has 4 N–H and O–H groups in total. The van der Waals surface area contributed by atoms with Crippen LogP contribution in [0.25, 0.3) is 0 Å². The smallest absolute Gasteiger partial charge is 0.335 e. The Kier molecular flexibility index (Phi) is 13.9. The first-order chi connectivity index (χ1) is 11.6. The number of carbonyl (C=O) groups is 4. The van der Waals surface area contributed by atoms with Crippen LogP contribution in [0.1, 0.15) is 53.3 Å². The van der Waals surface area contributed by atoms with Crippen LogP contribution in [0.4, 0.5) is 0 Å². The van der Waals surface area contributed by atoms with E-state index < -0.39 is 23.9 Å². The van der Waals surface area contributed by atoms with Crippen molar-refractivity contribution in [3.8, 4) is 0 Å². The molecule has 0 atom stereocenters. The lowest BCUT2D eigenvalue weighted by molar-refractivity contribution is -0.139. The lowest BCUT2D eigenvalue weighted by Crippen LogP contribution is -1.99. The van der Waals surface area contributed by atoms with Gasteiger partial charge in [-0.15, -0.1) is 6.58 Å². The molecule has 0 spiro atoms. The van der Waals surface area contributed by atoms with Gasteiger partial charge in [-0.3, -0.25) is 9.59 Å². The molecule has 25 heavy (non-hydrogen) atoms. The number of aromatic carboxylic acids is 2. The fourth-order valence-corrected chi connectivity index (χ4v) is 1.31. The number of carboxylic acid groups (broad SMARTS) is 4. The summed E-state index contributed by atoms with van der Waals surface area (Å²) < 4.78 is 0. The molecule has 138 valence electrons. The molecule has 0 fully saturated rings. The number of unbranched alkanes of at least 4 members (excludes halogenated alkanes) is 1. The second-order valence-corrected chi connectivity index (χ2v) is 4.59. The zero-order valence-electron chi connectivity index (χ0n) is 13.8. The van der Waals surface area contributed by atoms with Crippen LogP contribution in [0.5, 0.6) is 0 Å². The van der Waals surface area contributed by atoms with E-state index in [0.717, 1.165) is 0 Å². The van der Waals surface area contributed by atoms with E-state index in [0.29, 0.717) is 12.8 Å². The molecule has 0 aliphatic rings. The van der Waals surface area contributed by atoms with E-state index in [2.05, 4.69) is 6.58 Å². The van der Waals surface area contributed by atoms with Crippen LogP contribution in [0, 0.1) is 0 Å². The number of benzene rings is 1. The molecule has 0 aliphatic heterocycles. The van der Waals surface area contributed by atoms with Gasteiger partial charge in [-0.1, -0.05) is 6.08 Å². The van der Waals surface area contributed by atoms with E-state index in [1.807, 2.05) is 6.92 Å². The first kappa shape index (κ1) is 24.1. The van der Waals surface area contributed by atoms with Gasteiger partial charge in [-0.2, -0.15) is 0 Å². The van der Waals surface area contributed by atoms with Crippen molar-refractivity contribution in [2.75, 3.05) is 0 Å². The van der Waals surface area contributed by atoms with Gasteiger partial charge < -0.3 is 20.4 Å². The van der Waals surface area contributed by atoms with Crippen molar-refractivity contribution < 1.29 is 39.6 Å². The molecule has 8 heteroatoms. The van der Waals surface area contributed by atoms with E-state index >= 15 is 0 Å². The van der Waals surface area contributed by atoms with Crippen LogP contribution in [-0.2, 0) is 9.59 Å². The van der Waals surface area contributed by atoms with Gasteiger partial charge in [0, 0.05) is 12.8 Å². The molecule has 0 aliphatic carbocycles. The molecular formula is C17H22O8. The summed E-state index contributed by atoms with van der Waals surface area (Å²) in [6, 6.07) is 5.02. The van der Waals surface area contributed by atoms with Crippen molar-refractivity contribution in [3.63, 3.8) is 0 Å². The van der Waals surface area contributed by atoms with E-state index in [4.69, 9.17) is 20.4 Å². The van der Waals surface area contributed by atoms with Crippen molar-refractivity contribution >= 4 is 23.9 Å². The normalized spacial score (nSPS) is 8.68. The highest BCUT2D eigenvalue weighted by atomic mass is 16.4. The van der Waals surface area contributed by atoms with Crippen molar-refractivity contribution in [1.82, 2.24) is 0 Å². The van der Waals surface area contributed by atoms with Crippen molar-refractivity contribution in [2.45, 2.75) is 32.6 Å². The topological polar surface area (TPSA) is 149 Å². The predicted octanol–water partition coefficient (Wildman–Crippen LogP) is 2.99. The zero-order valence-corrected chi connectivity index (χ0v) is 13.8. The van der Waals surface area contributed by atoms with Crippen molar-refractivity contribution in [1.29, 1.82) is 0 Å². The maximum atomic E-state index is 10.3. The zero-order chi connectivity index (χ0) is 19.8. The van der Waals surface area contributed by atoms with Crippen LogP contribution in [-0.4, -0.2) is 44.3 Å². The highest BCUT2D eigenvalue weighted by molar-refractivity contribution is 5.91. The van der Waals surface area contributed by atoms with Gasteiger partial charge in [0.05, 0.1) is 11.1 Å². The van der Waals surface area contributed by atoms with Crippen molar-refractivity contribution in [2.24, 2.45) is 0 Å². The molecule has 0 unspecified atom stereocenters. The van der Waals surface area contributed by atoms with Gasteiger partial charge in [0.1, 0.15) is 0 Å². The molecule has 0 radical (unpaired) electrons. The van der Waals surface area contributed by atoms with E-state index in [1.165, 1.54) is 24.3 Å². The van der Waals surface area contributed by atoms with Crippen LogP contribution in [0.15, 0.2) is 36.9 Å². The first-order valence-electron chi connectivity index (χ1n) is 7.22. The minimum atomic E-state index is -1.06. The predicted molar refractivity (Wildman–Crippen MR) is 90.0 cm³/mol. The quantitative estimate of drug-likeness (QED) is 0.431. The van der Waals surface area contributed by atoms with Crippen LogP contribution in [0.3, 0.4) is 0 Å². The number of rotatable bonds is 7.